The number of carbonyl (C=O) groups excluding carboxylic acids is 1. The summed E-state index contributed by atoms with van der Waals surface area (Å²) < 4.78 is 12.3. The number of allylic oxidation sites excluding steroid dienone is 2. The first-order chi connectivity index (χ1) is 4.20. The summed E-state index contributed by atoms with van der Waals surface area (Å²) in [5.41, 5.74) is 0.669. The largest absolute Gasteiger partial charge is 0.295 e. The van der Waals surface area contributed by atoms with Crippen LogP contribution in [0.15, 0.2) is 11.6 Å². The van der Waals surface area contributed by atoms with Crippen molar-refractivity contribution < 1.29 is 9.18 Å². The molecule has 1 saturated carbocycles. The fourth-order valence-corrected chi connectivity index (χ4v) is 0.844. The zero-order valence-electron chi connectivity index (χ0n) is 5.36. The van der Waals surface area contributed by atoms with E-state index in [9.17, 15) is 9.18 Å². The maximum atomic E-state index is 12.3. The van der Waals surface area contributed by atoms with E-state index in [2.05, 4.69) is 0 Å². The quantitative estimate of drug-likeness (QED) is 0.490. The van der Waals surface area contributed by atoms with Crippen LogP contribution in [0.25, 0.3) is 0 Å². The third-order valence-electron chi connectivity index (χ3n) is 1.48. The minimum absolute atomic E-state index is 0.0487. The van der Waals surface area contributed by atoms with Crippen molar-refractivity contribution in [2.24, 2.45) is 0 Å². The molecule has 0 aromatic rings. The molecule has 0 radical (unpaired) electrons. The van der Waals surface area contributed by atoms with Gasteiger partial charge in [-0.05, 0) is 31.4 Å². The number of hydrogen-bond acceptors (Lipinski definition) is 1. The van der Waals surface area contributed by atoms with Gasteiger partial charge in [0, 0.05) is 0 Å². The van der Waals surface area contributed by atoms with Crippen LogP contribution in [-0.4, -0.2) is 12.0 Å². The van der Waals surface area contributed by atoms with Gasteiger partial charge in [0.1, 0.15) is 6.17 Å². The van der Waals surface area contributed by atoms with E-state index in [4.69, 9.17) is 0 Å². The van der Waals surface area contributed by atoms with Gasteiger partial charge in [-0.25, -0.2) is 4.39 Å². The monoisotopic (exact) mass is 128 g/mol. The highest BCUT2D eigenvalue weighted by molar-refractivity contribution is 5.88. The molecule has 0 saturated heterocycles. The van der Waals surface area contributed by atoms with Gasteiger partial charge in [-0.2, -0.15) is 0 Å². The van der Waals surface area contributed by atoms with Crippen molar-refractivity contribution in [3.05, 3.63) is 11.6 Å². The summed E-state index contributed by atoms with van der Waals surface area (Å²) in [4.78, 5) is 10.3. The smallest absolute Gasteiger partial charge is 0.152 e. The van der Waals surface area contributed by atoms with Gasteiger partial charge in [-0.1, -0.05) is 0 Å². The lowest BCUT2D eigenvalue weighted by Gasteiger charge is -2.21. The van der Waals surface area contributed by atoms with Gasteiger partial charge in [-0.15, -0.1) is 0 Å². The molecular formula is C7H9FO. The standard InChI is InChI=1S/C7H9FO/c1-5(9)4-6-2-3-7(6)8/h4,7H,2-3H2,1H3/b6-4+. The Balaban J connectivity index is 2.51. The van der Waals surface area contributed by atoms with Crippen LogP contribution < -0.4 is 0 Å². The van der Waals surface area contributed by atoms with Crippen molar-refractivity contribution in [2.75, 3.05) is 0 Å². The van der Waals surface area contributed by atoms with Crippen LogP contribution in [0.1, 0.15) is 19.8 Å². The van der Waals surface area contributed by atoms with Crippen molar-refractivity contribution >= 4 is 5.78 Å². The molecule has 0 bridgehead atoms. The van der Waals surface area contributed by atoms with E-state index in [-0.39, 0.29) is 5.78 Å². The molecule has 0 aromatic carbocycles. The molecule has 1 aliphatic rings. The zero-order chi connectivity index (χ0) is 6.85. The van der Waals surface area contributed by atoms with Crippen LogP contribution in [0.5, 0.6) is 0 Å². The first-order valence-electron chi connectivity index (χ1n) is 3.05. The minimum Gasteiger partial charge on any atom is -0.295 e. The van der Waals surface area contributed by atoms with E-state index in [1.165, 1.54) is 13.0 Å². The summed E-state index contributed by atoms with van der Waals surface area (Å²) >= 11 is 0. The predicted octanol–water partition coefficient (Wildman–Crippen LogP) is 1.63. The van der Waals surface area contributed by atoms with Crippen LogP contribution in [0.3, 0.4) is 0 Å². The summed E-state index contributed by atoms with van der Waals surface area (Å²) in [6, 6.07) is 0. The lowest BCUT2D eigenvalue weighted by Crippen LogP contribution is -2.16. The number of carbonyl (C=O) groups is 1. The number of hydrogen-bond donors (Lipinski definition) is 0. The van der Waals surface area contributed by atoms with Gasteiger partial charge in [0.25, 0.3) is 0 Å². The number of halogens is 1. The summed E-state index contributed by atoms with van der Waals surface area (Å²) in [5.74, 6) is -0.0487. The Kier molecular flexibility index (Phi) is 1.65. The molecule has 2 heteroatoms. The van der Waals surface area contributed by atoms with Crippen LogP contribution in [0, 0.1) is 0 Å². The second kappa shape index (κ2) is 2.29. The number of alkyl halides is 1. The van der Waals surface area contributed by atoms with E-state index < -0.39 is 6.17 Å². The van der Waals surface area contributed by atoms with E-state index in [0.717, 1.165) is 6.42 Å². The lowest BCUT2D eigenvalue weighted by molar-refractivity contribution is -0.112. The van der Waals surface area contributed by atoms with Gasteiger partial charge in [0.15, 0.2) is 5.78 Å². The Bertz CT molecular complexity index is 160. The molecule has 1 rings (SSSR count). The Labute approximate surface area is 53.6 Å². The minimum atomic E-state index is -0.825. The molecule has 1 unspecified atom stereocenters. The molecule has 50 valence electrons. The lowest BCUT2D eigenvalue weighted by atomic mass is 9.89. The fourth-order valence-electron chi connectivity index (χ4n) is 0.844. The molecule has 1 aliphatic carbocycles. The molecule has 0 aromatic heterocycles. The zero-order valence-corrected chi connectivity index (χ0v) is 5.36. The van der Waals surface area contributed by atoms with E-state index in [1.807, 2.05) is 0 Å². The molecule has 1 fully saturated rings. The molecule has 0 heterocycles. The Morgan fingerprint density at radius 1 is 1.89 bits per heavy atom. The summed E-state index contributed by atoms with van der Waals surface area (Å²) in [5, 5.41) is 0. The first-order valence-corrected chi connectivity index (χ1v) is 3.05. The van der Waals surface area contributed by atoms with Crippen molar-refractivity contribution in [3.8, 4) is 0 Å². The number of ketones is 1. The van der Waals surface area contributed by atoms with Crippen LogP contribution >= 0.6 is 0 Å². The maximum Gasteiger partial charge on any atom is 0.152 e. The summed E-state index contributed by atoms with van der Waals surface area (Å²) in [6.45, 7) is 1.44. The van der Waals surface area contributed by atoms with Crippen molar-refractivity contribution in [1.82, 2.24) is 0 Å². The molecule has 0 spiro atoms. The Morgan fingerprint density at radius 2 is 2.56 bits per heavy atom. The second-order valence-electron chi connectivity index (χ2n) is 2.34. The molecule has 0 N–H and O–H groups in total. The molecular weight excluding hydrogens is 119 g/mol. The summed E-state index contributed by atoms with van der Waals surface area (Å²) in [7, 11) is 0. The average Bonchev–Trinajstić information content (AvgIpc) is 1.79. The highest BCUT2D eigenvalue weighted by Gasteiger charge is 2.22. The average molecular weight is 128 g/mol. The van der Waals surface area contributed by atoms with Gasteiger partial charge < -0.3 is 0 Å². The van der Waals surface area contributed by atoms with Crippen LogP contribution in [0.2, 0.25) is 0 Å². The maximum absolute atomic E-state index is 12.3. The van der Waals surface area contributed by atoms with Gasteiger partial charge in [0.2, 0.25) is 0 Å². The van der Waals surface area contributed by atoms with Gasteiger partial charge in [-0.3, -0.25) is 4.79 Å². The highest BCUT2D eigenvalue weighted by Crippen LogP contribution is 2.28. The van der Waals surface area contributed by atoms with Crippen molar-refractivity contribution in [3.63, 3.8) is 0 Å². The normalized spacial score (nSPS) is 30.0. The Morgan fingerprint density at radius 3 is 2.67 bits per heavy atom. The Hall–Kier alpha value is -0.660. The topological polar surface area (TPSA) is 17.1 Å². The van der Waals surface area contributed by atoms with Crippen LogP contribution in [0.4, 0.5) is 4.39 Å². The molecule has 1 nitrogen and oxygen atoms in total. The van der Waals surface area contributed by atoms with Crippen molar-refractivity contribution in [2.45, 2.75) is 25.9 Å². The SMILES string of the molecule is CC(=O)/C=C1\CCC1F. The third kappa shape index (κ3) is 1.37. The van der Waals surface area contributed by atoms with Gasteiger partial charge >= 0.3 is 0 Å². The second-order valence-corrected chi connectivity index (χ2v) is 2.34. The third-order valence-corrected chi connectivity index (χ3v) is 1.48. The molecule has 0 amide bonds. The number of rotatable bonds is 1. The molecule has 9 heavy (non-hydrogen) atoms. The first kappa shape index (κ1) is 6.46. The molecule has 1 atom stereocenters. The molecule has 0 aliphatic heterocycles. The highest BCUT2D eigenvalue weighted by atomic mass is 19.1. The van der Waals surface area contributed by atoms with Crippen LogP contribution in [-0.2, 0) is 4.79 Å². The van der Waals surface area contributed by atoms with E-state index in [0.29, 0.717) is 12.0 Å². The van der Waals surface area contributed by atoms with E-state index in [1.54, 1.807) is 0 Å². The fraction of sp³-hybridized carbons (Fsp3) is 0.571. The van der Waals surface area contributed by atoms with Crippen molar-refractivity contribution in [1.29, 1.82) is 0 Å². The predicted molar refractivity (Wildman–Crippen MR) is 32.9 cm³/mol. The summed E-state index contributed by atoms with van der Waals surface area (Å²) in [6.07, 6.45) is 1.93. The van der Waals surface area contributed by atoms with E-state index >= 15 is 0 Å². The van der Waals surface area contributed by atoms with Gasteiger partial charge in [0.05, 0.1) is 0 Å².